The summed E-state index contributed by atoms with van der Waals surface area (Å²) in [5.74, 6) is 1.92. The largest absolute Gasteiger partial charge is 0.493 e. The molecule has 0 bridgehead atoms. The maximum atomic E-state index is 5.81. The number of aromatic amines is 1. The second-order valence-corrected chi connectivity index (χ2v) is 3.72. The molecule has 0 atom stereocenters. The van der Waals surface area contributed by atoms with Gasteiger partial charge in [-0.3, -0.25) is 5.10 Å². The summed E-state index contributed by atoms with van der Waals surface area (Å²) in [7, 11) is 3.22. The minimum Gasteiger partial charge on any atom is -0.493 e. The molecule has 0 unspecified atom stereocenters. The van der Waals surface area contributed by atoms with Crippen molar-refractivity contribution >= 4 is 5.82 Å². The lowest BCUT2D eigenvalue weighted by molar-refractivity contribution is 0.355. The molecule has 0 saturated carbocycles. The molecule has 0 amide bonds. The van der Waals surface area contributed by atoms with Gasteiger partial charge in [0.1, 0.15) is 5.82 Å². The number of benzene rings is 1. The first-order valence-electron chi connectivity index (χ1n) is 5.19. The number of rotatable bonds is 3. The number of hydrogen-bond donors (Lipinski definition) is 2. The molecule has 1 aromatic heterocycles. The van der Waals surface area contributed by atoms with Crippen molar-refractivity contribution in [3.05, 3.63) is 23.9 Å². The Morgan fingerprint density at radius 3 is 2.29 bits per heavy atom. The van der Waals surface area contributed by atoms with Crippen molar-refractivity contribution in [2.75, 3.05) is 20.0 Å². The molecule has 2 aromatic rings. The highest BCUT2D eigenvalue weighted by atomic mass is 16.5. The monoisotopic (exact) mass is 233 g/mol. The number of nitrogens with one attached hydrogen (secondary N) is 1. The van der Waals surface area contributed by atoms with Crippen molar-refractivity contribution in [3.8, 4) is 22.6 Å². The quantitative estimate of drug-likeness (QED) is 0.850. The molecule has 2 rings (SSSR count). The molecule has 0 aliphatic carbocycles. The highest BCUT2D eigenvalue weighted by Crippen LogP contribution is 2.36. The van der Waals surface area contributed by atoms with Crippen LogP contribution in [-0.2, 0) is 0 Å². The van der Waals surface area contributed by atoms with Gasteiger partial charge in [0, 0.05) is 5.56 Å². The zero-order valence-corrected chi connectivity index (χ0v) is 10.1. The average Bonchev–Trinajstić information content (AvgIpc) is 2.75. The van der Waals surface area contributed by atoms with Gasteiger partial charge in [-0.2, -0.15) is 5.10 Å². The molecule has 0 saturated heterocycles. The SMILES string of the molecule is COc1cc(C)c(-c2cn[nH]c2N)cc1OC. The molecule has 0 spiro atoms. The summed E-state index contributed by atoms with van der Waals surface area (Å²) in [5.41, 5.74) is 8.71. The Morgan fingerprint density at radius 2 is 1.76 bits per heavy atom. The Balaban J connectivity index is 2.59. The van der Waals surface area contributed by atoms with E-state index in [1.807, 2.05) is 19.1 Å². The second kappa shape index (κ2) is 4.37. The maximum Gasteiger partial charge on any atom is 0.161 e. The Kier molecular flexibility index (Phi) is 2.91. The number of ether oxygens (including phenoxy) is 2. The number of nitrogens with zero attached hydrogens (tertiary/aromatic N) is 1. The van der Waals surface area contributed by atoms with Crippen LogP contribution in [0.25, 0.3) is 11.1 Å². The average molecular weight is 233 g/mol. The molecule has 5 nitrogen and oxygen atoms in total. The normalized spacial score (nSPS) is 10.3. The summed E-state index contributed by atoms with van der Waals surface area (Å²) < 4.78 is 10.5. The summed E-state index contributed by atoms with van der Waals surface area (Å²) in [6.07, 6.45) is 1.70. The van der Waals surface area contributed by atoms with Crippen molar-refractivity contribution in [2.24, 2.45) is 0 Å². The number of methoxy groups -OCH3 is 2. The maximum absolute atomic E-state index is 5.81. The van der Waals surface area contributed by atoms with E-state index in [1.165, 1.54) is 0 Å². The van der Waals surface area contributed by atoms with Crippen molar-refractivity contribution < 1.29 is 9.47 Å². The fourth-order valence-electron chi connectivity index (χ4n) is 1.78. The summed E-state index contributed by atoms with van der Waals surface area (Å²) in [5, 5.41) is 6.63. The number of aryl methyl sites for hydroxylation is 1. The van der Waals surface area contributed by atoms with Crippen molar-refractivity contribution in [2.45, 2.75) is 6.92 Å². The summed E-state index contributed by atoms with van der Waals surface area (Å²) in [6.45, 7) is 1.99. The number of nitrogens with two attached hydrogens (primary N) is 1. The van der Waals surface area contributed by atoms with Gasteiger partial charge in [0.05, 0.1) is 20.4 Å². The molecular weight excluding hydrogens is 218 g/mol. The predicted molar refractivity (Wildman–Crippen MR) is 66.3 cm³/mol. The topological polar surface area (TPSA) is 73.2 Å². The lowest BCUT2D eigenvalue weighted by atomic mass is 10.0. The molecule has 1 aromatic carbocycles. The number of nitrogen functional groups attached to an aromatic ring is 1. The van der Waals surface area contributed by atoms with Crippen LogP contribution in [-0.4, -0.2) is 24.4 Å². The third-order valence-corrected chi connectivity index (χ3v) is 2.69. The number of H-pyrrole nitrogens is 1. The fraction of sp³-hybridized carbons (Fsp3) is 0.250. The van der Waals surface area contributed by atoms with Crippen molar-refractivity contribution in [1.29, 1.82) is 0 Å². The molecule has 0 fully saturated rings. The number of anilines is 1. The van der Waals surface area contributed by atoms with Gasteiger partial charge < -0.3 is 15.2 Å². The number of hydrogen-bond acceptors (Lipinski definition) is 4. The summed E-state index contributed by atoms with van der Waals surface area (Å²) >= 11 is 0. The summed E-state index contributed by atoms with van der Waals surface area (Å²) in [6, 6.07) is 3.82. The molecule has 3 N–H and O–H groups in total. The Bertz CT molecular complexity index is 535. The van der Waals surface area contributed by atoms with Crippen LogP contribution < -0.4 is 15.2 Å². The molecule has 17 heavy (non-hydrogen) atoms. The van der Waals surface area contributed by atoms with Gasteiger partial charge in [-0.25, -0.2) is 0 Å². The van der Waals surface area contributed by atoms with Gasteiger partial charge in [0.2, 0.25) is 0 Å². The van der Waals surface area contributed by atoms with E-state index in [1.54, 1.807) is 20.4 Å². The van der Waals surface area contributed by atoms with Crippen LogP contribution >= 0.6 is 0 Å². The highest BCUT2D eigenvalue weighted by molar-refractivity contribution is 5.77. The van der Waals surface area contributed by atoms with Crippen LogP contribution in [0.15, 0.2) is 18.3 Å². The van der Waals surface area contributed by atoms with Gasteiger partial charge in [-0.15, -0.1) is 0 Å². The van der Waals surface area contributed by atoms with Gasteiger partial charge in [0.25, 0.3) is 0 Å². The van der Waals surface area contributed by atoms with E-state index < -0.39 is 0 Å². The minimum atomic E-state index is 0.542. The fourth-order valence-corrected chi connectivity index (χ4v) is 1.78. The van der Waals surface area contributed by atoms with Gasteiger partial charge >= 0.3 is 0 Å². The third kappa shape index (κ3) is 1.91. The first kappa shape index (κ1) is 11.3. The van der Waals surface area contributed by atoms with Gasteiger partial charge in [-0.05, 0) is 30.2 Å². The Hall–Kier alpha value is -2.17. The molecule has 0 radical (unpaired) electrons. The van der Waals surface area contributed by atoms with E-state index in [9.17, 15) is 0 Å². The molecule has 90 valence electrons. The van der Waals surface area contributed by atoms with Crippen molar-refractivity contribution in [3.63, 3.8) is 0 Å². The third-order valence-electron chi connectivity index (χ3n) is 2.69. The predicted octanol–water partition coefficient (Wildman–Crippen LogP) is 1.98. The molecule has 0 aliphatic heterocycles. The van der Waals surface area contributed by atoms with E-state index in [-0.39, 0.29) is 0 Å². The van der Waals surface area contributed by atoms with E-state index in [2.05, 4.69) is 10.2 Å². The lowest BCUT2D eigenvalue weighted by Crippen LogP contribution is -1.94. The Labute approximate surface area is 99.5 Å². The minimum absolute atomic E-state index is 0.542. The van der Waals surface area contributed by atoms with Gasteiger partial charge in [-0.1, -0.05) is 0 Å². The standard InChI is InChI=1S/C12H15N3O2/c1-7-4-10(16-2)11(17-3)5-8(7)9-6-14-15-12(9)13/h4-6H,1-3H3,(H3,13,14,15). The van der Waals surface area contributed by atoms with Crippen LogP contribution in [0.2, 0.25) is 0 Å². The van der Waals surface area contributed by atoms with Crippen LogP contribution in [0.3, 0.4) is 0 Å². The zero-order valence-electron chi connectivity index (χ0n) is 10.1. The van der Waals surface area contributed by atoms with E-state index in [0.29, 0.717) is 17.3 Å². The highest BCUT2D eigenvalue weighted by Gasteiger charge is 2.12. The number of aromatic nitrogens is 2. The second-order valence-electron chi connectivity index (χ2n) is 3.72. The zero-order chi connectivity index (χ0) is 12.4. The van der Waals surface area contributed by atoms with E-state index in [0.717, 1.165) is 16.7 Å². The lowest BCUT2D eigenvalue weighted by Gasteiger charge is -2.12. The smallest absolute Gasteiger partial charge is 0.161 e. The van der Waals surface area contributed by atoms with Crippen molar-refractivity contribution in [1.82, 2.24) is 10.2 Å². The van der Waals surface area contributed by atoms with Gasteiger partial charge in [0.15, 0.2) is 11.5 Å². The first-order valence-corrected chi connectivity index (χ1v) is 5.19. The molecular formula is C12H15N3O2. The van der Waals surface area contributed by atoms with Crippen LogP contribution in [0.4, 0.5) is 5.82 Å². The molecule has 1 heterocycles. The van der Waals surface area contributed by atoms with Crippen LogP contribution in [0, 0.1) is 6.92 Å². The summed E-state index contributed by atoms with van der Waals surface area (Å²) in [4.78, 5) is 0. The van der Waals surface area contributed by atoms with Crippen LogP contribution in [0.5, 0.6) is 11.5 Å². The van der Waals surface area contributed by atoms with Crippen LogP contribution in [0.1, 0.15) is 5.56 Å². The molecule has 5 heteroatoms. The molecule has 0 aliphatic rings. The first-order chi connectivity index (χ1) is 8.17. The van der Waals surface area contributed by atoms with E-state index in [4.69, 9.17) is 15.2 Å². The Morgan fingerprint density at radius 1 is 1.12 bits per heavy atom. The van der Waals surface area contributed by atoms with E-state index >= 15 is 0 Å².